The molecule has 0 saturated carbocycles. The Balaban J connectivity index is 2.15. The van der Waals surface area contributed by atoms with Crippen molar-refractivity contribution in [1.82, 2.24) is 5.32 Å². The van der Waals surface area contributed by atoms with Crippen molar-refractivity contribution < 1.29 is 22.3 Å². The van der Waals surface area contributed by atoms with Crippen LogP contribution in [0.1, 0.15) is 25.8 Å². The molecule has 0 aliphatic rings. The number of hydrogen-bond donors (Lipinski definition) is 1. The van der Waals surface area contributed by atoms with Gasteiger partial charge in [-0.05, 0) is 44.0 Å². The van der Waals surface area contributed by atoms with Gasteiger partial charge in [0.25, 0.3) is 0 Å². The highest BCUT2D eigenvalue weighted by Crippen LogP contribution is 2.25. The summed E-state index contributed by atoms with van der Waals surface area (Å²) in [6, 6.07) is 11.6. The third-order valence-corrected chi connectivity index (χ3v) is 5.56. The van der Waals surface area contributed by atoms with Gasteiger partial charge in [0.05, 0.1) is 18.0 Å². The first-order valence-corrected chi connectivity index (χ1v) is 11.2. The first kappa shape index (κ1) is 22.7. The molecule has 2 atom stereocenters. The zero-order chi connectivity index (χ0) is 21.6. The van der Waals surface area contributed by atoms with Crippen molar-refractivity contribution in [3.63, 3.8) is 0 Å². The number of amides is 1. The van der Waals surface area contributed by atoms with Gasteiger partial charge in [-0.25, -0.2) is 12.8 Å². The fraction of sp³-hybridized carbons (Fsp3) is 0.381. The molecule has 0 saturated heterocycles. The first-order valence-electron chi connectivity index (χ1n) is 9.37. The Labute approximate surface area is 171 Å². The number of aryl methyl sites for hydroxylation is 1. The number of anilines is 1. The van der Waals surface area contributed by atoms with Gasteiger partial charge in [0.1, 0.15) is 24.2 Å². The number of nitrogens with one attached hydrogen (secondary N) is 1. The summed E-state index contributed by atoms with van der Waals surface area (Å²) in [7, 11) is -3.89. The van der Waals surface area contributed by atoms with Crippen LogP contribution < -0.4 is 14.4 Å². The van der Waals surface area contributed by atoms with Gasteiger partial charge in [-0.2, -0.15) is 0 Å². The molecule has 1 N–H and O–H groups in total. The number of nitrogens with zero attached hydrogens (tertiary/aromatic N) is 1. The van der Waals surface area contributed by atoms with Crippen LogP contribution in [0.2, 0.25) is 0 Å². The number of carbonyl (C=O) groups is 1. The molecule has 6 nitrogen and oxygen atoms in total. The Bertz CT molecular complexity index is 949. The minimum atomic E-state index is -3.89. The van der Waals surface area contributed by atoms with Gasteiger partial charge in [0.15, 0.2) is 0 Å². The van der Waals surface area contributed by atoms with Crippen molar-refractivity contribution in [2.75, 3.05) is 17.2 Å². The van der Waals surface area contributed by atoms with Crippen molar-refractivity contribution in [2.24, 2.45) is 0 Å². The molecule has 2 unspecified atom stereocenters. The molecule has 158 valence electrons. The average Bonchev–Trinajstić information content (AvgIpc) is 2.65. The molecule has 2 aromatic rings. The summed E-state index contributed by atoms with van der Waals surface area (Å²) < 4.78 is 45.6. The van der Waals surface area contributed by atoms with Crippen molar-refractivity contribution in [3.05, 3.63) is 59.9 Å². The van der Waals surface area contributed by atoms with Crippen LogP contribution in [0, 0.1) is 12.7 Å². The number of para-hydroxylation sites is 2. The van der Waals surface area contributed by atoms with Crippen LogP contribution in [0.25, 0.3) is 0 Å². The molecule has 29 heavy (non-hydrogen) atoms. The summed E-state index contributed by atoms with van der Waals surface area (Å²) >= 11 is 0. The van der Waals surface area contributed by atoms with Gasteiger partial charge < -0.3 is 10.1 Å². The summed E-state index contributed by atoms with van der Waals surface area (Å²) in [5.41, 5.74) is 0.820. The van der Waals surface area contributed by atoms with Crippen LogP contribution in [0.3, 0.4) is 0 Å². The number of benzene rings is 2. The van der Waals surface area contributed by atoms with E-state index in [0.29, 0.717) is 5.75 Å². The van der Waals surface area contributed by atoms with Crippen LogP contribution >= 0.6 is 0 Å². The van der Waals surface area contributed by atoms with Gasteiger partial charge in [-0.15, -0.1) is 0 Å². The van der Waals surface area contributed by atoms with E-state index in [9.17, 15) is 17.6 Å². The van der Waals surface area contributed by atoms with E-state index in [-0.39, 0.29) is 24.8 Å². The lowest BCUT2D eigenvalue weighted by Gasteiger charge is -2.31. The summed E-state index contributed by atoms with van der Waals surface area (Å²) in [4.78, 5) is 12.8. The van der Waals surface area contributed by atoms with Gasteiger partial charge >= 0.3 is 0 Å². The zero-order valence-electron chi connectivity index (χ0n) is 17.1. The second-order valence-electron chi connectivity index (χ2n) is 6.92. The summed E-state index contributed by atoms with van der Waals surface area (Å²) in [5, 5.41) is 2.77. The molecule has 0 aliphatic carbocycles. The highest BCUT2D eigenvalue weighted by atomic mass is 32.2. The molecule has 0 bridgehead atoms. The predicted molar refractivity (Wildman–Crippen MR) is 112 cm³/mol. The number of rotatable bonds is 9. The quantitative estimate of drug-likeness (QED) is 0.673. The Morgan fingerprint density at radius 2 is 1.79 bits per heavy atom. The van der Waals surface area contributed by atoms with Gasteiger partial charge in [0.2, 0.25) is 15.9 Å². The summed E-state index contributed by atoms with van der Waals surface area (Å²) in [5.74, 6) is -0.507. The van der Waals surface area contributed by atoms with E-state index < -0.39 is 27.8 Å². The maximum atomic E-state index is 14.3. The Morgan fingerprint density at radius 1 is 1.17 bits per heavy atom. The lowest BCUT2D eigenvalue weighted by atomic mass is 10.1. The van der Waals surface area contributed by atoms with Gasteiger partial charge in [-0.3, -0.25) is 9.10 Å². The highest BCUT2D eigenvalue weighted by molar-refractivity contribution is 7.92. The number of ether oxygens (including phenoxy) is 1. The predicted octanol–water partition coefficient (Wildman–Crippen LogP) is 3.26. The molecule has 0 aromatic heterocycles. The van der Waals surface area contributed by atoms with E-state index in [2.05, 4.69) is 5.32 Å². The Kier molecular flexibility index (Phi) is 7.61. The summed E-state index contributed by atoms with van der Waals surface area (Å²) in [6.45, 7) is 5.57. The molecular weight excluding hydrogens is 395 g/mol. The summed E-state index contributed by atoms with van der Waals surface area (Å²) in [6.07, 6.45) is 1.14. The fourth-order valence-electron chi connectivity index (χ4n) is 2.98. The second-order valence-corrected chi connectivity index (χ2v) is 8.78. The normalized spacial score (nSPS) is 13.4. The van der Waals surface area contributed by atoms with Crippen molar-refractivity contribution in [2.45, 2.75) is 39.3 Å². The fourth-order valence-corrected chi connectivity index (χ4v) is 4.19. The van der Waals surface area contributed by atoms with Crippen molar-refractivity contribution >= 4 is 21.6 Å². The van der Waals surface area contributed by atoms with Gasteiger partial charge in [-0.1, -0.05) is 37.3 Å². The smallest absolute Gasteiger partial charge is 0.244 e. The number of sulfonamides is 1. The highest BCUT2D eigenvalue weighted by Gasteiger charge is 2.33. The zero-order valence-corrected chi connectivity index (χ0v) is 17.9. The molecule has 2 rings (SSSR count). The number of hydrogen-bond acceptors (Lipinski definition) is 4. The molecule has 0 fully saturated rings. The van der Waals surface area contributed by atoms with Crippen LogP contribution in [-0.4, -0.2) is 39.3 Å². The lowest BCUT2D eigenvalue weighted by molar-refractivity contribution is -0.123. The first-order chi connectivity index (χ1) is 13.6. The third kappa shape index (κ3) is 5.93. The molecule has 0 heterocycles. The molecule has 2 aromatic carbocycles. The van der Waals surface area contributed by atoms with E-state index in [1.165, 1.54) is 18.2 Å². The SMILES string of the molecule is CCC(C(=O)NC(C)COc1ccccc1C)N(c1ccccc1F)S(C)(=O)=O. The number of carbonyl (C=O) groups excluding carboxylic acids is 1. The largest absolute Gasteiger partial charge is 0.491 e. The standard InChI is InChI=1S/C21H27FN2O4S/c1-5-18(24(29(4,26)27)19-12-8-7-11-17(19)22)21(25)23-16(3)14-28-20-13-9-6-10-15(20)2/h6-13,16,18H,5,14H2,1-4H3,(H,23,25). The van der Waals surface area contributed by atoms with E-state index in [4.69, 9.17) is 4.74 Å². The van der Waals surface area contributed by atoms with Crippen LogP contribution in [0.4, 0.5) is 10.1 Å². The minimum Gasteiger partial charge on any atom is -0.491 e. The number of halogens is 1. The Morgan fingerprint density at radius 3 is 2.38 bits per heavy atom. The second kappa shape index (κ2) is 9.73. The third-order valence-electron chi connectivity index (χ3n) is 4.39. The molecule has 0 aliphatic heterocycles. The van der Waals surface area contributed by atoms with Crippen LogP contribution in [-0.2, 0) is 14.8 Å². The maximum Gasteiger partial charge on any atom is 0.244 e. The minimum absolute atomic E-state index is 0.152. The lowest BCUT2D eigenvalue weighted by Crippen LogP contribution is -2.52. The monoisotopic (exact) mass is 422 g/mol. The Hall–Kier alpha value is -2.61. The molecule has 1 amide bonds. The van der Waals surface area contributed by atoms with E-state index in [0.717, 1.165) is 22.2 Å². The molecular formula is C21H27FN2O4S. The van der Waals surface area contributed by atoms with E-state index >= 15 is 0 Å². The van der Waals surface area contributed by atoms with Gasteiger partial charge in [0, 0.05) is 0 Å². The van der Waals surface area contributed by atoms with Crippen molar-refractivity contribution in [3.8, 4) is 5.75 Å². The van der Waals surface area contributed by atoms with E-state index in [1.54, 1.807) is 13.8 Å². The van der Waals surface area contributed by atoms with Crippen LogP contribution in [0.5, 0.6) is 5.75 Å². The van der Waals surface area contributed by atoms with Crippen molar-refractivity contribution in [1.29, 1.82) is 0 Å². The van der Waals surface area contributed by atoms with E-state index in [1.807, 2.05) is 31.2 Å². The maximum absolute atomic E-state index is 14.3. The topological polar surface area (TPSA) is 75.7 Å². The molecule has 0 radical (unpaired) electrons. The average molecular weight is 423 g/mol. The molecule has 0 spiro atoms. The van der Waals surface area contributed by atoms with Crippen LogP contribution in [0.15, 0.2) is 48.5 Å². The molecule has 8 heteroatoms.